The molecule has 7 N–H and O–H groups in total. The van der Waals surface area contributed by atoms with Gasteiger partial charge in [0.2, 0.25) is 0 Å². The number of nitrogens with two attached hydrogens (primary N) is 2. The van der Waals surface area contributed by atoms with E-state index < -0.39 is 21.9 Å². The predicted octanol–water partition coefficient (Wildman–Crippen LogP) is 1.24. The maximum absolute atomic E-state index is 10.2. The summed E-state index contributed by atoms with van der Waals surface area (Å²) in [5.41, 5.74) is 9.83. The van der Waals surface area contributed by atoms with Gasteiger partial charge < -0.3 is 28.6 Å². The van der Waals surface area contributed by atoms with Crippen LogP contribution in [0.5, 0.6) is 0 Å². The smallest absolute Gasteiger partial charge is 0.481 e. The minimum atomic E-state index is -4.23. The first-order valence-electron chi connectivity index (χ1n) is 12.2. The van der Waals surface area contributed by atoms with E-state index in [-0.39, 0.29) is 62.2 Å². The van der Waals surface area contributed by atoms with Crippen molar-refractivity contribution < 1.29 is 61.7 Å². The van der Waals surface area contributed by atoms with Crippen LogP contribution in [-0.2, 0) is 19.4 Å². The average Bonchev–Trinajstić information content (AvgIpc) is 2.72. The van der Waals surface area contributed by atoms with Gasteiger partial charge >= 0.3 is 45.9 Å². The molecular formula is C23H51N2NaO7S. The molecule has 0 rings (SSSR count). The number of aliphatic carboxylic acids is 1. The molecule has 0 fully saturated rings. The molecule has 11 heteroatoms. The topological polar surface area (TPSA) is 173 Å². The first kappa shape index (κ1) is 41.4. The number of hydrogen-bond donors (Lipinski definition) is 5. The number of unbranched alkanes of at least 4 members (excludes halogenated alkanes) is 11. The van der Waals surface area contributed by atoms with Gasteiger partial charge in [0.15, 0.2) is 0 Å². The monoisotopic (exact) mass is 522 g/mol. The van der Waals surface area contributed by atoms with E-state index in [4.69, 9.17) is 26.2 Å². The molecule has 0 aliphatic rings. The second-order valence-electron chi connectivity index (χ2n) is 8.25. The van der Waals surface area contributed by atoms with Crippen LogP contribution in [0.4, 0.5) is 0 Å². The van der Waals surface area contributed by atoms with E-state index in [2.05, 4.69) is 25.0 Å². The summed E-state index contributed by atoms with van der Waals surface area (Å²) in [4.78, 5) is 10.2. The molecule has 0 aromatic rings. The largest absolute Gasteiger partial charge is 1.00 e. The normalized spacial score (nSPS) is 12.3. The molecular weight excluding hydrogens is 471 g/mol. The summed E-state index contributed by atoms with van der Waals surface area (Å²) in [6, 6.07) is 0. The van der Waals surface area contributed by atoms with Crippen LogP contribution >= 0.6 is 0 Å². The summed E-state index contributed by atoms with van der Waals surface area (Å²) in [6.07, 6.45) is 15.5. The molecule has 0 bridgehead atoms. The SMILES string of the molecule is CCCCCCCCCCCCOS(=O)(=O)O.NCC(N)(CCO)CC(=O)O.[CH2-]CCCC.[Na+]. The van der Waals surface area contributed by atoms with Crippen LogP contribution in [0.2, 0.25) is 0 Å². The predicted molar refractivity (Wildman–Crippen MR) is 134 cm³/mol. The molecule has 1 unspecified atom stereocenters. The van der Waals surface area contributed by atoms with Gasteiger partial charge in [0, 0.05) is 18.7 Å². The summed E-state index contributed by atoms with van der Waals surface area (Å²) in [5, 5.41) is 16.9. The molecule has 0 saturated heterocycles. The number of aliphatic hydroxyl groups excluding tert-OH is 1. The minimum absolute atomic E-state index is 0. The molecule has 0 amide bonds. The van der Waals surface area contributed by atoms with Crippen molar-refractivity contribution in [2.75, 3.05) is 19.8 Å². The molecule has 0 aromatic heterocycles. The van der Waals surface area contributed by atoms with Crippen molar-refractivity contribution in [2.45, 2.75) is 116 Å². The van der Waals surface area contributed by atoms with Gasteiger partial charge in [-0.15, -0.1) is 0 Å². The van der Waals surface area contributed by atoms with E-state index in [1.165, 1.54) is 57.8 Å². The molecule has 0 aliphatic carbocycles. The van der Waals surface area contributed by atoms with Crippen molar-refractivity contribution in [2.24, 2.45) is 11.5 Å². The summed E-state index contributed by atoms with van der Waals surface area (Å²) >= 11 is 0. The van der Waals surface area contributed by atoms with Gasteiger partial charge in [-0.25, -0.2) is 4.18 Å². The maximum atomic E-state index is 10.2. The molecule has 34 heavy (non-hydrogen) atoms. The van der Waals surface area contributed by atoms with E-state index in [1.807, 2.05) is 0 Å². The maximum Gasteiger partial charge on any atom is 1.00 e. The molecule has 0 spiro atoms. The number of carbonyl (C=O) groups is 1. The number of carboxylic acids is 1. The summed E-state index contributed by atoms with van der Waals surface area (Å²) in [5.74, 6) is -0.994. The first-order valence-corrected chi connectivity index (χ1v) is 13.6. The Bertz CT molecular complexity index is 523. The van der Waals surface area contributed by atoms with E-state index in [0.29, 0.717) is 6.42 Å². The molecule has 202 valence electrons. The Kier molecular flexibility index (Phi) is 35.8. The Balaban J connectivity index is -0.000000227. The van der Waals surface area contributed by atoms with Crippen molar-refractivity contribution in [3.8, 4) is 0 Å². The zero-order chi connectivity index (χ0) is 26.0. The van der Waals surface area contributed by atoms with Crippen molar-refractivity contribution in [1.82, 2.24) is 0 Å². The first-order chi connectivity index (χ1) is 15.5. The van der Waals surface area contributed by atoms with Crippen LogP contribution < -0.4 is 41.0 Å². The van der Waals surface area contributed by atoms with Gasteiger partial charge in [0.25, 0.3) is 0 Å². The van der Waals surface area contributed by atoms with E-state index in [1.54, 1.807) is 0 Å². The van der Waals surface area contributed by atoms with Crippen LogP contribution in [-0.4, -0.2) is 54.5 Å². The summed E-state index contributed by atoms with van der Waals surface area (Å²) < 4.78 is 33.0. The minimum Gasteiger partial charge on any atom is -0.481 e. The number of aliphatic hydroxyl groups is 1. The van der Waals surface area contributed by atoms with Gasteiger partial charge in [0.05, 0.1) is 13.0 Å². The average molecular weight is 523 g/mol. The fourth-order valence-corrected chi connectivity index (χ4v) is 3.12. The Morgan fingerprint density at radius 3 is 1.68 bits per heavy atom. The fraction of sp³-hybridized carbons (Fsp3) is 0.913. The fourth-order valence-electron chi connectivity index (χ4n) is 2.79. The summed E-state index contributed by atoms with van der Waals surface area (Å²) in [6.45, 7) is 8.09. The molecule has 9 nitrogen and oxygen atoms in total. The van der Waals surface area contributed by atoms with Gasteiger partial charge in [-0.05, 0) is 12.8 Å². The molecule has 0 aromatic carbocycles. The van der Waals surface area contributed by atoms with E-state index in [0.717, 1.165) is 19.3 Å². The Morgan fingerprint density at radius 1 is 0.941 bits per heavy atom. The van der Waals surface area contributed by atoms with Crippen molar-refractivity contribution in [1.29, 1.82) is 0 Å². The van der Waals surface area contributed by atoms with Gasteiger partial charge in [-0.2, -0.15) is 14.8 Å². The molecule has 0 aliphatic heterocycles. The van der Waals surface area contributed by atoms with Gasteiger partial charge in [-0.3, -0.25) is 9.35 Å². The molecule has 0 heterocycles. The van der Waals surface area contributed by atoms with Gasteiger partial charge in [0.1, 0.15) is 0 Å². The van der Waals surface area contributed by atoms with Crippen LogP contribution in [0.1, 0.15) is 110 Å². The zero-order valence-corrected chi connectivity index (χ0v) is 24.8. The third-order valence-corrected chi connectivity index (χ3v) is 5.32. The van der Waals surface area contributed by atoms with Crippen molar-refractivity contribution >= 4 is 16.4 Å². The van der Waals surface area contributed by atoms with E-state index in [9.17, 15) is 13.2 Å². The molecule has 1 atom stereocenters. The zero-order valence-electron chi connectivity index (χ0n) is 22.0. The van der Waals surface area contributed by atoms with Crippen molar-refractivity contribution in [3.05, 3.63) is 6.92 Å². The van der Waals surface area contributed by atoms with Crippen LogP contribution in [0, 0.1) is 6.92 Å². The second kappa shape index (κ2) is 29.5. The van der Waals surface area contributed by atoms with Crippen molar-refractivity contribution in [3.63, 3.8) is 0 Å². The molecule has 0 saturated carbocycles. The Hall–Kier alpha value is 0.220. The summed E-state index contributed by atoms with van der Waals surface area (Å²) in [7, 11) is -4.23. The second-order valence-corrected chi connectivity index (χ2v) is 9.34. The Labute approximate surface area is 231 Å². The van der Waals surface area contributed by atoms with Crippen LogP contribution in [0.25, 0.3) is 0 Å². The third-order valence-electron chi connectivity index (χ3n) is 4.85. The van der Waals surface area contributed by atoms with Gasteiger partial charge in [-0.1, -0.05) is 84.5 Å². The number of carboxylic acid groups (broad SMARTS) is 1. The third kappa shape index (κ3) is 39.4. The number of rotatable bonds is 19. The number of hydrogen-bond acceptors (Lipinski definition) is 7. The van der Waals surface area contributed by atoms with E-state index >= 15 is 0 Å². The van der Waals surface area contributed by atoms with Crippen LogP contribution in [0.3, 0.4) is 0 Å². The molecule has 0 radical (unpaired) electrons. The standard InChI is InChI=1S/C12H26O4S.C6H14N2O3.C5H11.Na/c1-2-3-4-5-6-7-8-9-10-11-12-16-17(13,14)15;7-4-6(8,1-2-9)3-5(10)11;1-3-5-4-2;/h2-12H2,1H3,(H,13,14,15);9H,1-4,7-8H2,(H,10,11);1,3-5H2,2H3;/q;;-1;+1. The van der Waals surface area contributed by atoms with Crippen LogP contribution in [0.15, 0.2) is 0 Å². The Morgan fingerprint density at radius 2 is 1.38 bits per heavy atom. The quantitative estimate of drug-likeness (QED) is 0.0723.